The molecule has 1 heterocycles. The van der Waals surface area contributed by atoms with Crippen molar-refractivity contribution < 1.29 is 29.2 Å². The molecular formula is C10H18O6. The zero-order valence-corrected chi connectivity index (χ0v) is 9.62. The molecular weight excluding hydrogens is 216 g/mol. The van der Waals surface area contributed by atoms with Crippen molar-refractivity contribution in [1.82, 2.24) is 0 Å². The second-order valence-corrected chi connectivity index (χ2v) is 3.97. The lowest BCUT2D eigenvalue weighted by Crippen LogP contribution is -2.41. The zero-order chi connectivity index (χ0) is 12.3. The van der Waals surface area contributed by atoms with Gasteiger partial charge in [0.1, 0.15) is 12.2 Å². The Kier molecular flexibility index (Phi) is 4.67. The van der Waals surface area contributed by atoms with Crippen molar-refractivity contribution in [3.8, 4) is 0 Å². The van der Waals surface area contributed by atoms with Crippen LogP contribution < -0.4 is 0 Å². The molecule has 16 heavy (non-hydrogen) atoms. The molecule has 0 aliphatic carbocycles. The van der Waals surface area contributed by atoms with Crippen LogP contribution in [0.15, 0.2) is 0 Å². The first-order chi connectivity index (χ1) is 7.45. The molecule has 94 valence electrons. The van der Waals surface area contributed by atoms with Gasteiger partial charge in [-0.15, -0.1) is 0 Å². The summed E-state index contributed by atoms with van der Waals surface area (Å²) in [6.45, 7) is 4.51. The molecule has 0 radical (unpaired) electrons. The summed E-state index contributed by atoms with van der Waals surface area (Å²) < 4.78 is 15.4. The third kappa shape index (κ3) is 3.15. The lowest BCUT2D eigenvalue weighted by molar-refractivity contribution is -0.164. The quantitative estimate of drug-likeness (QED) is 0.633. The number of aliphatic hydroxyl groups excluding tert-OH is 2. The van der Waals surface area contributed by atoms with E-state index < -0.39 is 30.6 Å². The van der Waals surface area contributed by atoms with Gasteiger partial charge in [-0.2, -0.15) is 0 Å². The van der Waals surface area contributed by atoms with E-state index in [4.69, 9.17) is 19.3 Å². The second-order valence-electron chi connectivity index (χ2n) is 3.97. The van der Waals surface area contributed by atoms with Crippen LogP contribution in [0.25, 0.3) is 0 Å². The highest BCUT2D eigenvalue weighted by atomic mass is 16.7. The van der Waals surface area contributed by atoms with Crippen LogP contribution in [0.2, 0.25) is 0 Å². The van der Waals surface area contributed by atoms with Gasteiger partial charge in [0.25, 0.3) is 0 Å². The van der Waals surface area contributed by atoms with E-state index in [-0.39, 0.29) is 12.7 Å². The Morgan fingerprint density at radius 2 is 2.06 bits per heavy atom. The fourth-order valence-corrected chi connectivity index (χ4v) is 1.65. The third-order valence-corrected chi connectivity index (χ3v) is 2.20. The van der Waals surface area contributed by atoms with Gasteiger partial charge in [-0.1, -0.05) is 0 Å². The molecule has 1 aliphatic rings. The van der Waals surface area contributed by atoms with Crippen molar-refractivity contribution in [1.29, 1.82) is 0 Å². The Bertz CT molecular complexity index is 241. The van der Waals surface area contributed by atoms with Gasteiger partial charge < -0.3 is 24.4 Å². The van der Waals surface area contributed by atoms with E-state index >= 15 is 0 Å². The fraction of sp³-hybridized carbons (Fsp3) is 0.900. The zero-order valence-electron chi connectivity index (χ0n) is 9.62. The normalized spacial score (nSPS) is 34.4. The highest BCUT2D eigenvalue weighted by Gasteiger charge is 2.47. The summed E-state index contributed by atoms with van der Waals surface area (Å²) in [6, 6.07) is 0. The van der Waals surface area contributed by atoms with E-state index in [2.05, 4.69) is 0 Å². The van der Waals surface area contributed by atoms with Gasteiger partial charge in [-0.25, -0.2) is 0 Å². The smallest absolute Gasteiger partial charge is 0.303 e. The molecule has 0 aromatic rings. The fourth-order valence-electron chi connectivity index (χ4n) is 1.65. The summed E-state index contributed by atoms with van der Waals surface area (Å²) in [5.41, 5.74) is 0. The van der Waals surface area contributed by atoms with E-state index in [1.807, 2.05) is 0 Å². The monoisotopic (exact) mass is 234 g/mol. The maximum absolute atomic E-state index is 10.9. The average molecular weight is 234 g/mol. The molecule has 6 heteroatoms. The number of esters is 1. The van der Waals surface area contributed by atoms with E-state index in [0.717, 1.165) is 0 Å². The minimum atomic E-state index is -1.19. The first-order valence-corrected chi connectivity index (χ1v) is 5.22. The van der Waals surface area contributed by atoms with Crippen LogP contribution in [-0.2, 0) is 19.0 Å². The number of rotatable bonds is 4. The first-order valence-electron chi connectivity index (χ1n) is 5.22. The van der Waals surface area contributed by atoms with Crippen LogP contribution >= 0.6 is 0 Å². The second kappa shape index (κ2) is 5.58. The van der Waals surface area contributed by atoms with Crippen molar-refractivity contribution in [2.24, 2.45) is 0 Å². The predicted molar refractivity (Wildman–Crippen MR) is 53.5 cm³/mol. The molecule has 0 aromatic carbocycles. The average Bonchev–Trinajstić information content (AvgIpc) is 2.44. The Labute approximate surface area is 94.1 Å². The van der Waals surface area contributed by atoms with Gasteiger partial charge in [0.2, 0.25) is 0 Å². The molecule has 6 nitrogen and oxygen atoms in total. The van der Waals surface area contributed by atoms with Crippen molar-refractivity contribution in [3.63, 3.8) is 0 Å². The van der Waals surface area contributed by atoms with Crippen molar-refractivity contribution in [2.75, 3.05) is 6.61 Å². The molecule has 0 unspecified atom stereocenters. The Balaban J connectivity index is 2.72. The maximum Gasteiger partial charge on any atom is 0.303 e. The Morgan fingerprint density at radius 3 is 2.50 bits per heavy atom. The molecule has 2 N–H and O–H groups in total. The minimum Gasteiger partial charge on any atom is -0.457 e. The van der Waals surface area contributed by atoms with Gasteiger partial charge in [-0.3, -0.25) is 4.79 Å². The Morgan fingerprint density at radius 1 is 1.44 bits per heavy atom. The number of carbonyl (C=O) groups is 1. The third-order valence-electron chi connectivity index (χ3n) is 2.20. The lowest BCUT2D eigenvalue weighted by Gasteiger charge is -2.23. The van der Waals surface area contributed by atoms with Crippen molar-refractivity contribution in [3.05, 3.63) is 0 Å². The van der Waals surface area contributed by atoms with E-state index in [9.17, 15) is 9.90 Å². The van der Waals surface area contributed by atoms with Crippen molar-refractivity contribution >= 4 is 5.97 Å². The summed E-state index contributed by atoms with van der Waals surface area (Å²) in [4.78, 5) is 10.9. The van der Waals surface area contributed by atoms with Crippen LogP contribution in [0.5, 0.6) is 0 Å². The summed E-state index contributed by atoms with van der Waals surface area (Å²) in [5, 5.41) is 18.6. The SMILES string of the molecule is CC(=O)O[C@@H]1[C@@H](OC(C)C)[C@@H](O)O[C@@H]1CO. The topological polar surface area (TPSA) is 85.2 Å². The van der Waals surface area contributed by atoms with Gasteiger partial charge >= 0.3 is 5.97 Å². The van der Waals surface area contributed by atoms with Gasteiger partial charge in [0.15, 0.2) is 12.4 Å². The summed E-state index contributed by atoms with van der Waals surface area (Å²) in [5.74, 6) is -0.501. The highest BCUT2D eigenvalue weighted by Crippen LogP contribution is 2.26. The van der Waals surface area contributed by atoms with Crippen LogP contribution in [0.4, 0.5) is 0 Å². The number of carbonyl (C=O) groups excluding carboxylic acids is 1. The summed E-state index contributed by atoms with van der Waals surface area (Å²) >= 11 is 0. The van der Waals surface area contributed by atoms with Crippen molar-refractivity contribution in [2.45, 2.75) is 51.5 Å². The lowest BCUT2D eigenvalue weighted by atomic mass is 10.1. The maximum atomic E-state index is 10.9. The predicted octanol–water partition coefficient (Wildman–Crippen LogP) is -0.579. The molecule has 1 aliphatic heterocycles. The number of hydrogen-bond donors (Lipinski definition) is 2. The van der Waals surface area contributed by atoms with E-state index in [1.165, 1.54) is 6.92 Å². The molecule has 0 spiro atoms. The molecule has 0 saturated carbocycles. The number of hydrogen-bond acceptors (Lipinski definition) is 6. The summed E-state index contributed by atoms with van der Waals surface area (Å²) in [6.07, 6.45) is -3.62. The van der Waals surface area contributed by atoms with E-state index in [0.29, 0.717) is 0 Å². The largest absolute Gasteiger partial charge is 0.457 e. The number of aliphatic hydroxyl groups is 2. The highest BCUT2D eigenvalue weighted by molar-refractivity contribution is 5.66. The molecule has 0 bridgehead atoms. The molecule has 4 atom stereocenters. The molecule has 0 amide bonds. The summed E-state index contributed by atoms with van der Waals surface area (Å²) in [7, 11) is 0. The van der Waals surface area contributed by atoms with Gasteiger partial charge in [0.05, 0.1) is 12.7 Å². The van der Waals surface area contributed by atoms with Gasteiger partial charge in [-0.05, 0) is 13.8 Å². The molecule has 1 rings (SSSR count). The van der Waals surface area contributed by atoms with Gasteiger partial charge in [0, 0.05) is 6.92 Å². The van der Waals surface area contributed by atoms with Crippen LogP contribution in [0, 0.1) is 0 Å². The first kappa shape index (κ1) is 13.4. The van der Waals surface area contributed by atoms with Crippen LogP contribution in [0.1, 0.15) is 20.8 Å². The van der Waals surface area contributed by atoms with Crippen LogP contribution in [0.3, 0.4) is 0 Å². The van der Waals surface area contributed by atoms with E-state index in [1.54, 1.807) is 13.8 Å². The minimum absolute atomic E-state index is 0.140. The van der Waals surface area contributed by atoms with Crippen LogP contribution in [-0.4, -0.2) is 53.5 Å². The standard InChI is InChI=1S/C10H18O6/c1-5(2)14-9-8(15-6(3)12)7(4-11)16-10(9)13/h5,7-11,13H,4H2,1-3H3/t7-,8+,9-,10+/m1/s1. The Hall–Kier alpha value is -0.690. The molecule has 1 fully saturated rings. The number of ether oxygens (including phenoxy) is 3. The molecule has 1 saturated heterocycles. The molecule has 0 aromatic heterocycles.